The van der Waals surface area contributed by atoms with E-state index in [2.05, 4.69) is 4.74 Å². The Morgan fingerprint density at radius 2 is 1.88 bits per heavy atom. The summed E-state index contributed by atoms with van der Waals surface area (Å²) in [5, 5.41) is 17.0. The van der Waals surface area contributed by atoms with E-state index >= 15 is 0 Å². The molecule has 16 heavy (non-hydrogen) atoms. The molecule has 6 heteroatoms. The Bertz CT molecular complexity index is 339. The second-order valence-electron chi connectivity index (χ2n) is 2.73. The number of hydrogen-bond donors (Lipinski definition) is 2. The third-order valence-electron chi connectivity index (χ3n) is 1.49. The molecule has 0 atom stereocenters. The molecule has 6 nitrogen and oxygen atoms in total. The van der Waals surface area contributed by atoms with Gasteiger partial charge in [-0.2, -0.15) is 0 Å². The molecule has 0 aromatic rings. The predicted octanol–water partition coefficient (Wildman–Crippen LogP) is 0.591. The molecule has 0 rings (SSSR count). The van der Waals surface area contributed by atoms with Gasteiger partial charge in [-0.3, -0.25) is 0 Å². The van der Waals surface area contributed by atoms with E-state index in [0.29, 0.717) is 6.08 Å². The predicted molar refractivity (Wildman–Crippen MR) is 53.7 cm³/mol. The van der Waals surface area contributed by atoms with Crippen molar-refractivity contribution in [3.05, 3.63) is 23.8 Å². The van der Waals surface area contributed by atoms with Crippen molar-refractivity contribution < 1.29 is 29.3 Å². The quantitative estimate of drug-likeness (QED) is 0.509. The molecule has 0 saturated heterocycles. The Hall–Kier alpha value is -2.11. The van der Waals surface area contributed by atoms with E-state index < -0.39 is 17.9 Å². The summed E-state index contributed by atoms with van der Waals surface area (Å²) < 4.78 is 4.62. The Kier molecular flexibility index (Phi) is 6.27. The van der Waals surface area contributed by atoms with Gasteiger partial charge in [0.25, 0.3) is 0 Å². The molecule has 2 N–H and O–H groups in total. The zero-order chi connectivity index (χ0) is 12.6. The topological polar surface area (TPSA) is 101 Å². The van der Waals surface area contributed by atoms with Crippen LogP contribution in [-0.2, 0) is 19.1 Å². The molecule has 88 valence electrons. The Labute approximate surface area is 91.8 Å². The van der Waals surface area contributed by atoms with Crippen LogP contribution < -0.4 is 0 Å². The number of carboxylic acids is 2. The van der Waals surface area contributed by atoms with Crippen molar-refractivity contribution in [2.24, 2.45) is 0 Å². The van der Waals surface area contributed by atoms with Gasteiger partial charge >= 0.3 is 17.9 Å². The molecule has 0 spiro atoms. The highest BCUT2D eigenvalue weighted by molar-refractivity contribution is 5.94. The lowest BCUT2D eigenvalue weighted by molar-refractivity contribution is -0.139. The minimum Gasteiger partial charge on any atom is -0.478 e. The third kappa shape index (κ3) is 6.36. The number of ether oxygens (including phenoxy) is 1. The fourth-order valence-electron chi connectivity index (χ4n) is 0.836. The van der Waals surface area contributed by atoms with E-state index in [1.54, 1.807) is 6.92 Å². The first-order valence-corrected chi connectivity index (χ1v) is 4.43. The van der Waals surface area contributed by atoms with Gasteiger partial charge in [0.1, 0.15) is 0 Å². The highest BCUT2D eigenvalue weighted by Gasteiger charge is 2.10. The summed E-state index contributed by atoms with van der Waals surface area (Å²) in [4.78, 5) is 31.6. The molecule has 0 aromatic heterocycles. The molecular formula is C10H12O6. The van der Waals surface area contributed by atoms with Gasteiger partial charge in [0, 0.05) is 24.1 Å². The van der Waals surface area contributed by atoms with Crippen molar-refractivity contribution in [3.63, 3.8) is 0 Å². The number of hydrogen-bond acceptors (Lipinski definition) is 4. The van der Waals surface area contributed by atoms with E-state index in [4.69, 9.17) is 10.2 Å². The number of esters is 1. The van der Waals surface area contributed by atoms with Crippen molar-refractivity contribution in [2.45, 2.75) is 13.3 Å². The molecule has 0 fully saturated rings. The summed E-state index contributed by atoms with van der Waals surface area (Å²) in [5.74, 6) is -3.29. The summed E-state index contributed by atoms with van der Waals surface area (Å²) in [6.45, 7) is 1.46. The largest absolute Gasteiger partial charge is 0.478 e. The Morgan fingerprint density at radius 1 is 1.25 bits per heavy atom. The highest BCUT2D eigenvalue weighted by atomic mass is 16.5. The second-order valence-corrected chi connectivity index (χ2v) is 2.73. The number of carbonyl (C=O) groups is 3. The van der Waals surface area contributed by atoms with Gasteiger partial charge in [0.15, 0.2) is 0 Å². The smallest absolute Gasteiger partial charge is 0.331 e. The van der Waals surface area contributed by atoms with Crippen LogP contribution in [0.2, 0.25) is 0 Å². The molecule has 0 radical (unpaired) electrons. The lowest BCUT2D eigenvalue weighted by Crippen LogP contribution is -2.09. The first kappa shape index (κ1) is 13.9. The minimum absolute atomic E-state index is 0.148. The van der Waals surface area contributed by atoms with Crippen LogP contribution in [-0.4, -0.2) is 34.7 Å². The molecule has 0 saturated carbocycles. The van der Waals surface area contributed by atoms with Crippen molar-refractivity contribution >= 4 is 17.9 Å². The summed E-state index contributed by atoms with van der Waals surface area (Å²) in [6, 6.07) is 0. The van der Waals surface area contributed by atoms with Crippen molar-refractivity contribution in [1.82, 2.24) is 0 Å². The number of aliphatic carboxylic acids is 2. The van der Waals surface area contributed by atoms with Crippen LogP contribution in [0.5, 0.6) is 0 Å². The third-order valence-corrected chi connectivity index (χ3v) is 1.49. The fourth-order valence-corrected chi connectivity index (χ4v) is 0.836. The first-order chi connectivity index (χ1) is 7.47. The van der Waals surface area contributed by atoms with Crippen LogP contribution >= 0.6 is 0 Å². The monoisotopic (exact) mass is 228 g/mol. The van der Waals surface area contributed by atoms with E-state index in [0.717, 1.165) is 0 Å². The molecule has 0 aliphatic heterocycles. The molecule has 0 bridgehead atoms. The normalized spacial score (nSPS) is 11.4. The van der Waals surface area contributed by atoms with Gasteiger partial charge in [0.2, 0.25) is 0 Å². The van der Waals surface area contributed by atoms with Gasteiger partial charge < -0.3 is 14.9 Å². The minimum atomic E-state index is -1.35. The highest BCUT2D eigenvalue weighted by Crippen LogP contribution is 2.02. The van der Waals surface area contributed by atoms with Gasteiger partial charge in [0.05, 0.1) is 6.61 Å². The molecular weight excluding hydrogens is 216 g/mol. The van der Waals surface area contributed by atoms with Gasteiger partial charge in [-0.25, -0.2) is 14.4 Å². The van der Waals surface area contributed by atoms with E-state index in [1.165, 1.54) is 12.2 Å². The van der Waals surface area contributed by atoms with E-state index in [-0.39, 0.29) is 18.6 Å². The number of allylic oxidation sites excluding steroid dienone is 1. The zero-order valence-electron chi connectivity index (χ0n) is 8.67. The lowest BCUT2D eigenvalue weighted by atomic mass is 10.2. The van der Waals surface area contributed by atoms with Crippen molar-refractivity contribution in [2.75, 3.05) is 6.61 Å². The summed E-state index contributed by atoms with van der Waals surface area (Å²) in [6.07, 6.45) is 3.09. The van der Waals surface area contributed by atoms with Crippen LogP contribution in [0.4, 0.5) is 0 Å². The maximum absolute atomic E-state index is 10.8. The average molecular weight is 228 g/mol. The maximum atomic E-state index is 10.8. The summed E-state index contributed by atoms with van der Waals surface area (Å²) in [5.41, 5.74) is -0.319. The SMILES string of the molecule is CC=CC(=O)OCC/C(=C/C(=O)O)C(=O)O. The lowest BCUT2D eigenvalue weighted by Gasteiger charge is -2.02. The van der Waals surface area contributed by atoms with Crippen LogP contribution in [0.15, 0.2) is 23.8 Å². The molecule has 0 unspecified atom stereocenters. The van der Waals surface area contributed by atoms with Crippen LogP contribution in [0.1, 0.15) is 13.3 Å². The van der Waals surface area contributed by atoms with Crippen LogP contribution in [0.3, 0.4) is 0 Å². The number of rotatable bonds is 6. The number of carboxylic acid groups (broad SMARTS) is 2. The first-order valence-electron chi connectivity index (χ1n) is 4.43. The standard InChI is InChI=1S/C10H12O6/c1-2-3-9(13)16-5-4-7(10(14)15)6-8(11)12/h2-3,6H,4-5H2,1H3,(H,11,12)(H,14,15)/b3-2?,7-6-. The van der Waals surface area contributed by atoms with Gasteiger partial charge in [-0.15, -0.1) is 0 Å². The van der Waals surface area contributed by atoms with Gasteiger partial charge in [-0.05, 0) is 6.92 Å². The molecule has 0 aromatic carbocycles. The zero-order valence-corrected chi connectivity index (χ0v) is 8.67. The Balaban J connectivity index is 4.20. The second kappa shape index (κ2) is 7.22. The van der Waals surface area contributed by atoms with Crippen molar-refractivity contribution in [3.8, 4) is 0 Å². The molecule has 0 heterocycles. The fraction of sp³-hybridized carbons (Fsp3) is 0.300. The maximum Gasteiger partial charge on any atom is 0.331 e. The molecule has 0 amide bonds. The molecule has 0 aliphatic rings. The number of carbonyl (C=O) groups excluding carboxylic acids is 1. The Morgan fingerprint density at radius 3 is 2.31 bits per heavy atom. The average Bonchev–Trinajstić information content (AvgIpc) is 2.15. The van der Waals surface area contributed by atoms with Crippen LogP contribution in [0.25, 0.3) is 0 Å². The van der Waals surface area contributed by atoms with E-state index in [1.807, 2.05) is 0 Å². The summed E-state index contributed by atoms with van der Waals surface area (Å²) >= 11 is 0. The summed E-state index contributed by atoms with van der Waals surface area (Å²) in [7, 11) is 0. The van der Waals surface area contributed by atoms with Crippen molar-refractivity contribution in [1.29, 1.82) is 0 Å². The van der Waals surface area contributed by atoms with Gasteiger partial charge in [-0.1, -0.05) is 6.08 Å². The van der Waals surface area contributed by atoms with Crippen LogP contribution in [0, 0.1) is 0 Å². The van der Waals surface area contributed by atoms with E-state index in [9.17, 15) is 14.4 Å². The molecule has 0 aliphatic carbocycles.